The van der Waals surface area contributed by atoms with Crippen LogP contribution in [0, 0.1) is 17.8 Å². The molecule has 1 heterocycles. The lowest BCUT2D eigenvalue weighted by Gasteiger charge is -2.30. The Morgan fingerprint density at radius 2 is 1.81 bits per heavy atom. The van der Waals surface area contributed by atoms with Crippen molar-refractivity contribution in [3.8, 4) is 0 Å². The van der Waals surface area contributed by atoms with E-state index in [0.717, 1.165) is 18.8 Å². The number of rotatable bonds is 5. The summed E-state index contributed by atoms with van der Waals surface area (Å²) < 4.78 is 5.22. The zero-order valence-electron chi connectivity index (χ0n) is 12.9. The van der Waals surface area contributed by atoms with Gasteiger partial charge in [0, 0.05) is 19.5 Å². The van der Waals surface area contributed by atoms with E-state index in [1.165, 1.54) is 12.8 Å². The van der Waals surface area contributed by atoms with Gasteiger partial charge >= 0.3 is 5.97 Å². The molecule has 5 heteroatoms. The normalized spacial score (nSPS) is 28.1. The van der Waals surface area contributed by atoms with Gasteiger partial charge in [-0.2, -0.15) is 0 Å². The minimum Gasteiger partial charge on any atom is -0.481 e. The second kappa shape index (κ2) is 7.78. The number of carbonyl (C=O) groups excluding carboxylic acids is 1. The van der Waals surface area contributed by atoms with Crippen LogP contribution < -0.4 is 0 Å². The first-order chi connectivity index (χ1) is 10.1. The molecule has 2 rings (SSSR count). The fourth-order valence-electron chi connectivity index (χ4n) is 3.39. The number of carboxylic acid groups (broad SMARTS) is 1. The van der Waals surface area contributed by atoms with Gasteiger partial charge in [0.1, 0.15) is 0 Å². The molecule has 0 aromatic carbocycles. The number of nitrogens with zero attached hydrogens (tertiary/aromatic N) is 1. The third-order valence-electron chi connectivity index (χ3n) is 4.89. The third kappa shape index (κ3) is 4.99. The van der Waals surface area contributed by atoms with Crippen LogP contribution in [-0.2, 0) is 14.3 Å². The number of hydrogen-bond acceptors (Lipinski definition) is 3. The predicted molar refractivity (Wildman–Crippen MR) is 78.9 cm³/mol. The van der Waals surface area contributed by atoms with E-state index in [4.69, 9.17) is 4.74 Å². The molecule has 1 aliphatic carbocycles. The quantitative estimate of drug-likeness (QED) is 0.844. The van der Waals surface area contributed by atoms with Gasteiger partial charge in [0.15, 0.2) is 0 Å². The van der Waals surface area contributed by atoms with Crippen LogP contribution in [0.2, 0.25) is 0 Å². The maximum absolute atomic E-state index is 12.2. The first kappa shape index (κ1) is 16.3. The summed E-state index contributed by atoms with van der Waals surface area (Å²) in [6.45, 7) is 4.55. The van der Waals surface area contributed by atoms with Gasteiger partial charge in [-0.3, -0.25) is 9.59 Å². The van der Waals surface area contributed by atoms with Crippen LogP contribution in [0.25, 0.3) is 0 Å². The van der Waals surface area contributed by atoms with E-state index >= 15 is 0 Å². The van der Waals surface area contributed by atoms with Crippen molar-refractivity contribution in [2.45, 2.75) is 45.4 Å². The highest BCUT2D eigenvalue weighted by atomic mass is 16.5. The Bertz CT molecular complexity index is 357. The van der Waals surface area contributed by atoms with E-state index in [1.54, 1.807) is 4.90 Å². The molecule has 5 nitrogen and oxygen atoms in total. The summed E-state index contributed by atoms with van der Waals surface area (Å²) in [7, 11) is 0. The van der Waals surface area contributed by atoms with Gasteiger partial charge in [0.25, 0.3) is 0 Å². The molecule has 1 saturated heterocycles. The summed E-state index contributed by atoms with van der Waals surface area (Å²) in [5.74, 6) is -0.150. The van der Waals surface area contributed by atoms with E-state index in [0.29, 0.717) is 38.6 Å². The Balaban J connectivity index is 1.83. The fourth-order valence-corrected chi connectivity index (χ4v) is 3.39. The molecule has 2 fully saturated rings. The van der Waals surface area contributed by atoms with Crippen LogP contribution in [0.5, 0.6) is 0 Å². The number of aliphatic carboxylic acids is 1. The van der Waals surface area contributed by atoms with Crippen molar-refractivity contribution in [3.63, 3.8) is 0 Å². The lowest BCUT2D eigenvalue weighted by molar-refractivity contribution is -0.148. The van der Waals surface area contributed by atoms with Crippen molar-refractivity contribution in [2.24, 2.45) is 17.8 Å². The topological polar surface area (TPSA) is 66.8 Å². The van der Waals surface area contributed by atoms with Gasteiger partial charge < -0.3 is 14.7 Å². The van der Waals surface area contributed by atoms with Crippen LogP contribution in [0.3, 0.4) is 0 Å². The lowest BCUT2D eigenvalue weighted by atomic mass is 9.78. The lowest BCUT2D eigenvalue weighted by Crippen LogP contribution is -2.42. The van der Waals surface area contributed by atoms with E-state index < -0.39 is 11.9 Å². The molecular formula is C16H27NO4. The Morgan fingerprint density at radius 1 is 1.19 bits per heavy atom. The van der Waals surface area contributed by atoms with Crippen LogP contribution in [0.15, 0.2) is 0 Å². The van der Waals surface area contributed by atoms with Crippen LogP contribution in [0.4, 0.5) is 0 Å². The molecule has 21 heavy (non-hydrogen) atoms. The summed E-state index contributed by atoms with van der Waals surface area (Å²) in [5.41, 5.74) is 0. The molecule has 1 saturated carbocycles. The van der Waals surface area contributed by atoms with Gasteiger partial charge in [0.2, 0.25) is 5.91 Å². The molecule has 0 aromatic heterocycles. The number of carbonyl (C=O) groups is 2. The highest BCUT2D eigenvalue weighted by Gasteiger charge is 2.29. The SMILES string of the molecule is CC1CCC(C[C@H](CC(=O)N2CCOCC2)C(=O)O)CC1. The summed E-state index contributed by atoms with van der Waals surface area (Å²) in [5, 5.41) is 9.41. The smallest absolute Gasteiger partial charge is 0.307 e. The molecule has 120 valence electrons. The van der Waals surface area contributed by atoms with E-state index in [-0.39, 0.29) is 12.3 Å². The van der Waals surface area contributed by atoms with Crippen LogP contribution >= 0.6 is 0 Å². The van der Waals surface area contributed by atoms with Gasteiger partial charge in [-0.1, -0.05) is 32.6 Å². The van der Waals surface area contributed by atoms with Crippen molar-refractivity contribution in [1.82, 2.24) is 4.90 Å². The minimum absolute atomic E-state index is 0.0325. The highest BCUT2D eigenvalue weighted by molar-refractivity contribution is 5.82. The average molecular weight is 297 g/mol. The Hall–Kier alpha value is -1.10. The van der Waals surface area contributed by atoms with E-state index in [2.05, 4.69) is 6.92 Å². The number of hydrogen-bond donors (Lipinski definition) is 1. The first-order valence-electron chi connectivity index (χ1n) is 8.14. The van der Waals surface area contributed by atoms with Crippen molar-refractivity contribution in [1.29, 1.82) is 0 Å². The molecule has 1 aliphatic heterocycles. The van der Waals surface area contributed by atoms with Crippen molar-refractivity contribution in [3.05, 3.63) is 0 Å². The molecule has 2 aliphatic rings. The number of morpholine rings is 1. The molecular weight excluding hydrogens is 270 g/mol. The summed E-state index contributed by atoms with van der Waals surface area (Å²) in [6, 6.07) is 0. The van der Waals surface area contributed by atoms with Crippen LogP contribution in [-0.4, -0.2) is 48.2 Å². The molecule has 1 amide bonds. The first-order valence-corrected chi connectivity index (χ1v) is 8.14. The maximum Gasteiger partial charge on any atom is 0.307 e. The molecule has 0 bridgehead atoms. The summed E-state index contributed by atoms with van der Waals surface area (Å²) in [6.07, 6.45) is 5.38. The monoisotopic (exact) mass is 297 g/mol. The second-order valence-electron chi connectivity index (χ2n) is 6.59. The zero-order valence-corrected chi connectivity index (χ0v) is 12.9. The third-order valence-corrected chi connectivity index (χ3v) is 4.89. The Morgan fingerprint density at radius 3 is 2.38 bits per heavy atom. The van der Waals surface area contributed by atoms with Gasteiger partial charge in [0.05, 0.1) is 19.1 Å². The van der Waals surface area contributed by atoms with Gasteiger partial charge in [-0.15, -0.1) is 0 Å². The molecule has 1 N–H and O–H groups in total. The van der Waals surface area contributed by atoms with Crippen molar-refractivity contribution in [2.75, 3.05) is 26.3 Å². The minimum atomic E-state index is -0.824. The molecule has 0 aromatic rings. The summed E-state index contributed by atoms with van der Waals surface area (Å²) in [4.78, 5) is 25.4. The van der Waals surface area contributed by atoms with Crippen molar-refractivity contribution < 1.29 is 19.4 Å². The molecule has 0 radical (unpaired) electrons. The van der Waals surface area contributed by atoms with Crippen LogP contribution in [0.1, 0.15) is 45.4 Å². The predicted octanol–water partition coefficient (Wildman–Crippen LogP) is 2.15. The highest BCUT2D eigenvalue weighted by Crippen LogP contribution is 2.33. The molecule has 0 spiro atoms. The fraction of sp³-hybridized carbons (Fsp3) is 0.875. The summed E-state index contributed by atoms with van der Waals surface area (Å²) >= 11 is 0. The zero-order chi connectivity index (χ0) is 15.2. The number of amides is 1. The van der Waals surface area contributed by atoms with E-state index in [1.807, 2.05) is 0 Å². The van der Waals surface area contributed by atoms with Gasteiger partial charge in [-0.25, -0.2) is 0 Å². The van der Waals surface area contributed by atoms with E-state index in [9.17, 15) is 14.7 Å². The standard InChI is InChI=1S/C16H27NO4/c1-12-2-4-13(5-3-12)10-14(16(19)20)11-15(18)17-6-8-21-9-7-17/h12-14H,2-11H2,1H3,(H,19,20)/t12?,13?,14-/m1/s1. The Kier molecular flexibility index (Phi) is 6.03. The Labute approximate surface area is 126 Å². The largest absolute Gasteiger partial charge is 0.481 e. The molecule has 1 atom stereocenters. The van der Waals surface area contributed by atoms with Crippen molar-refractivity contribution >= 4 is 11.9 Å². The number of ether oxygens (including phenoxy) is 1. The average Bonchev–Trinajstić information content (AvgIpc) is 2.49. The van der Waals surface area contributed by atoms with Gasteiger partial charge in [-0.05, 0) is 18.3 Å². The second-order valence-corrected chi connectivity index (χ2v) is 6.59. The number of carboxylic acids is 1. The molecule has 0 unspecified atom stereocenters. The maximum atomic E-state index is 12.2.